The molecule has 2 heterocycles. The van der Waals surface area contributed by atoms with E-state index in [2.05, 4.69) is 10.2 Å². The Balaban J connectivity index is 2.07. The van der Waals surface area contributed by atoms with Gasteiger partial charge in [-0.1, -0.05) is 0 Å². The Morgan fingerprint density at radius 1 is 1.53 bits per heavy atom. The lowest BCUT2D eigenvalue weighted by Gasteiger charge is -2.33. The Kier molecular flexibility index (Phi) is 3.82. The third kappa shape index (κ3) is 2.74. The van der Waals surface area contributed by atoms with E-state index in [-0.39, 0.29) is 11.8 Å². The fourth-order valence-electron chi connectivity index (χ4n) is 2.43. The van der Waals surface area contributed by atoms with Gasteiger partial charge in [-0.25, -0.2) is 0 Å². The van der Waals surface area contributed by atoms with Gasteiger partial charge in [-0.3, -0.25) is 9.59 Å². The number of aromatic nitrogens is 3. The predicted molar refractivity (Wildman–Crippen MR) is 66.4 cm³/mol. The van der Waals surface area contributed by atoms with Crippen LogP contribution in [0.5, 0.6) is 0 Å². The van der Waals surface area contributed by atoms with Crippen molar-refractivity contribution in [2.24, 2.45) is 13.0 Å². The molecule has 0 bridgehead atoms. The van der Waals surface area contributed by atoms with Crippen LogP contribution in [0.1, 0.15) is 31.5 Å². The van der Waals surface area contributed by atoms with Crippen molar-refractivity contribution in [3.8, 4) is 0 Å². The third-order valence-corrected chi connectivity index (χ3v) is 3.59. The van der Waals surface area contributed by atoms with Crippen LogP contribution in [0.4, 0.5) is 0 Å². The fraction of sp³-hybridized carbons (Fsp3) is 0.667. The SMILES string of the molecule is CC(C(=O)O)C(=O)N1CCCC(c2nncn2C)C1. The molecule has 19 heavy (non-hydrogen) atoms. The Hall–Kier alpha value is -1.92. The molecule has 1 fully saturated rings. The first kappa shape index (κ1) is 13.5. The maximum atomic E-state index is 12.0. The second-order valence-electron chi connectivity index (χ2n) is 4.98. The highest BCUT2D eigenvalue weighted by Gasteiger charge is 2.31. The lowest BCUT2D eigenvalue weighted by Crippen LogP contribution is -2.44. The zero-order chi connectivity index (χ0) is 14.0. The minimum absolute atomic E-state index is 0.131. The van der Waals surface area contributed by atoms with Gasteiger partial charge in [0, 0.05) is 26.1 Å². The molecule has 1 amide bonds. The summed E-state index contributed by atoms with van der Waals surface area (Å²) < 4.78 is 1.85. The average Bonchev–Trinajstić information content (AvgIpc) is 2.83. The van der Waals surface area contributed by atoms with Crippen LogP contribution in [0.3, 0.4) is 0 Å². The fourth-order valence-corrected chi connectivity index (χ4v) is 2.43. The molecule has 0 radical (unpaired) electrons. The van der Waals surface area contributed by atoms with Crippen LogP contribution < -0.4 is 0 Å². The third-order valence-electron chi connectivity index (χ3n) is 3.59. The molecule has 0 aromatic carbocycles. The first-order valence-electron chi connectivity index (χ1n) is 6.36. The molecule has 1 saturated heterocycles. The minimum Gasteiger partial charge on any atom is -0.481 e. The van der Waals surface area contributed by atoms with E-state index in [1.165, 1.54) is 6.92 Å². The van der Waals surface area contributed by atoms with Crippen molar-refractivity contribution >= 4 is 11.9 Å². The number of likely N-dealkylation sites (tertiary alicyclic amines) is 1. The van der Waals surface area contributed by atoms with Gasteiger partial charge in [0.25, 0.3) is 0 Å². The molecule has 1 N–H and O–H groups in total. The maximum absolute atomic E-state index is 12.0. The standard InChI is InChI=1S/C12H18N4O3/c1-8(12(18)19)11(17)16-5-3-4-9(6-16)10-14-13-7-15(10)2/h7-9H,3-6H2,1-2H3,(H,18,19). The first-order chi connectivity index (χ1) is 9.00. The summed E-state index contributed by atoms with van der Waals surface area (Å²) in [4.78, 5) is 24.5. The van der Waals surface area contributed by atoms with E-state index in [9.17, 15) is 9.59 Å². The Labute approximate surface area is 111 Å². The normalized spacial score (nSPS) is 21.2. The molecule has 2 atom stereocenters. The summed E-state index contributed by atoms with van der Waals surface area (Å²) in [5.74, 6) is -1.41. The van der Waals surface area contributed by atoms with Crippen LogP contribution in [-0.4, -0.2) is 49.7 Å². The van der Waals surface area contributed by atoms with Crippen molar-refractivity contribution in [1.82, 2.24) is 19.7 Å². The van der Waals surface area contributed by atoms with Gasteiger partial charge in [-0.15, -0.1) is 10.2 Å². The molecule has 2 unspecified atom stereocenters. The number of nitrogens with zero attached hydrogens (tertiary/aromatic N) is 4. The molecule has 1 aliphatic heterocycles. The highest BCUT2D eigenvalue weighted by Crippen LogP contribution is 2.25. The van der Waals surface area contributed by atoms with Crippen molar-refractivity contribution in [2.75, 3.05) is 13.1 Å². The van der Waals surface area contributed by atoms with Crippen molar-refractivity contribution in [1.29, 1.82) is 0 Å². The highest BCUT2D eigenvalue weighted by atomic mass is 16.4. The number of hydrogen-bond donors (Lipinski definition) is 1. The number of carboxylic acids is 1. The van der Waals surface area contributed by atoms with Gasteiger partial charge in [0.2, 0.25) is 5.91 Å². The second-order valence-corrected chi connectivity index (χ2v) is 4.98. The number of carboxylic acid groups (broad SMARTS) is 1. The molecule has 1 aliphatic rings. The molecule has 7 heteroatoms. The van der Waals surface area contributed by atoms with E-state index in [4.69, 9.17) is 5.11 Å². The molecular weight excluding hydrogens is 248 g/mol. The highest BCUT2D eigenvalue weighted by molar-refractivity contribution is 5.96. The number of aliphatic carboxylic acids is 1. The monoisotopic (exact) mass is 266 g/mol. The quantitative estimate of drug-likeness (QED) is 0.792. The zero-order valence-electron chi connectivity index (χ0n) is 11.1. The summed E-state index contributed by atoms with van der Waals surface area (Å²) in [5.41, 5.74) is 0. The van der Waals surface area contributed by atoms with Gasteiger partial charge < -0.3 is 14.6 Å². The molecule has 0 saturated carbocycles. The number of rotatable bonds is 3. The molecular formula is C12H18N4O3. The molecule has 7 nitrogen and oxygen atoms in total. The van der Waals surface area contributed by atoms with Crippen LogP contribution in [0.15, 0.2) is 6.33 Å². The first-order valence-corrected chi connectivity index (χ1v) is 6.36. The number of carbonyl (C=O) groups is 2. The average molecular weight is 266 g/mol. The van der Waals surface area contributed by atoms with E-state index in [1.54, 1.807) is 11.2 Å². The van der Waals surface area contributed by atoms with Crippen LogP contribution >= 0.6 is 0 Å². The van der Waals surface area contributed by atoms with E-state index >= 15 is 0 Å². The Morgan fingerprint density at radius 3 is 2.84 bits per heavy atom. The van der Waals surface area contributed by atoms with Gasteiger partial charge in [0.15, 0.2) is 0 Å². The van der Waals surface area contributed by atoms with Crippen LogP contribution in [-0.2, 0) is 16.6 Å². The summed E-state index contributed by atoms with van der Waals surface area (Å²) in [7, 11) is 1.87. The predicted octanol–water partition coefficient (Wildman–Crippen LogP) is 0.242. The van der Waals surface area contributed by atoms with Crippen LogP contribution in [0.2, 0.25) is 0 Å². The number of hydrogen-bond acceptors (Lipinski definition) is 4. The van der Waals surface area contributed by atoms with Crippen molar-refractivity contribution < 1.29 is 14.7 Å². The molecule has 1 aromatic heterocycles. The van der Waals surface area contributed by atoms with Crippen LogP contribution in [0, 0.1) is 5.92 Å². The number of piperidine rings is 1. The van der Waals surface area contributed by atoms with Gasteiger partial charge >= 0.3 is 5.97 Å². The second kappa shape index (κ2) is 5.38. The molecule has 0 spiro atoms. The summed E-state index contributed by atoms with van der Waals surface area (Å²) in [6.07, 6.45) is 3.43. The van der Waals surface area contributed by atoms with Gasteiger partial charge in [0.1, 0.15) is 18.1 Å². The number of carbonyl (C=O) groups excluding carboxylic acids is 1. The number of amides is 1. The summed E-state index contributed by atoms with van der Waals surface area (Å²) >= 11 is 0. The molecule has 2 rings (SSSR count). The maximum Gasteiger partial charge on any atom is 0.315 e. The van der Waals surface area contributed by atoms with Crippen molar-refractivity contribution in [3.63, 3.8) is 0 Å². The van der Waals surface area contributed by atoms with Crippen molar-refractivity contribution in [2.45, 2.75) is 25.7 Å². The van der Waals surface area contributed by atoms with Gasteiger partial charge in [-0.2, -0.15) is 0 Å². The lowest BCUT2D eigenvalue weighted by atomic mass is 9.96. The minimum atomic E-state index is -1.08. The summed E-state index contributed by atoms with van der Waals surface area (Å²) in [6.45, 7) is 2.56. The largest absolute Gasteiger partial charge is 0.481 e. The smallest absolute Gasteiger partial charge is 0.315 e. The molecule has 104 valence electrons. The van der Waals surface area contributed by atoms with E-state index < -0.39 is 11.9 Å². The number of aryl methyl sites for hydroxylation is 1. The summed E-state index contributed by atoms with van der Waals surface area (Å²) in [6, 6.07) is 0. The topological polar surface area (TPSA) is 88.3 Å². The van der Waals surface area contributed by atoms with Gasteiger partial charge in [0.05, 0.1) is 0 Å². The van der Waals surface area contributed by atoms with E-state index in [0.29, 0.717) is 13.1 Å². The van der Waals surface area contributed by atoms with E-state index in [0.717, 1.165) is 18.7 Å². The molecule has 1 aromatic rings. The van der Waals surface area contributed by atoms with Crippen LogP contribution in [0.25, 0.3) is 0 Å². The zero-order valence-corrected chi connectivity index (χ0v) is 11.1. The Bertz CT molecular complexity index is 485. The molecule has 0 aliphatic carbocycles. The van der Waals surface area contributed by atoms with Crippen molar-refractivity contribution in [3.05, 3.63) is 12.2 Å². The van der Waals surface area contributed by atoms with Gasteiger partial charge in [-0.05, 0) is 19.8 Å². The Morgan fingerprint density at radius 2 is 2.26 bits per heavy atom. The lowest BCUT2D eigenvalue weighted by molar-refractivity contribution is -0.150. The summed E-state index contributed by atoms with van der Waals surface area (Å²) in [5, 5.41) is 16.8. The van der Waals surface area contributed by atoms with E-state index in [1.807, 2.05) is 11.6 Å².